The monoisotopic (exact) mass is 319 g/mol. The average molecular weight is 319 g/mol. The minimum Gasteiger partial charge on any atom is -0.497 e. The van der Waals surface area contributed by atoms with Gasteiger partial charge in [0.2, 0.25) is 5.91 Å². The maximum absolute atomic E-state index is 12.1. The summed E-state index contributed by atoms with van der Waals surface area (Å²) in [6.45, 7) is 3.83. The number of methoxy groups -OCH3 is 1. The van der Waals surface area contributed by atoms with Crippen molar-refractivity contribution in [3.63, 3.8) is 0 Å². The molecule has 1 aromatic rings. The highest BCUT2D eigenvalue weighted by molar-refractivity contribution is 5.94. The van der Waals surface area contributed by atoms with Gasteiger partial charge in [-0.05, 0) is 50.6 Å². The van der Waals surface area contributed by atoms with Gasteiger partial charge in [0.05, 0.1) is 7.11 Å². The van der Waals surface area contributed by atoms with Gasteiger partial charge in [0, 0.05) is 30.6 Å². The van der Waals surface area contributed by atoms with Crippen LogP contribution in [0.5, 0.6) is 5.75 Å². The number of rotatable bonds is 6. The van der Waals surface area contributed by atoms with Gasteiger partial charge in [0.1, 0.15) is 5.75 Å². The van der Waals surface area contributed by atoms with E-state index in [1.165, 1.54) is 0 Å². The minimum atomic E-state index is -0.155. The van der Waals surface area contributed by atoms with Crippen molar-refractivity contribution < 1.29 is 14.3 Å². The van der Waals surface area contributed by atoms with Gasteiger partial charge in [-0.1, -0.05) is 0 Å². The molecule has 6 heteroatoms. The molecule has 1 aromatic carbocycles. The van der Waals surface area contributed by atoms with Crippen molar-refractivity contribution in [3.05, 3.63) is 29.8 Å². The van der Waals surface area contributed by atoms with E-state index in [0.29, 0.717) is 30.4 Å². The summed E-state index contributed by atoms with van der Waals surface area (Å²) in [4.78, 5) is 24.0. The van der Waals surface area contributed by atoms with E-state index in [2.05, 4.69) is 22.9 Å². The van der Waals surface area contributed by atoms with Crippen molar-refractivity contribution in [2.75, 3.05) is 26.7 Å². The van der Waals surface area contributed by atoms with Crippen LogP contribution in [0.25, 0.3) is 0 Å². The van der Waals surface area contributed by atoms with Gasteiger partial charge in [-0.3, -0.25) is 9.59 Å². The molecule has 0 bridgehead atoms. The third-order valence-corrected chi connectivity index (χ3v) is 4.06. The van der Waals surface area contributed by atoms with Gasteiger partial charge in [0.25, 0.3) is 5.91 Å². The van der Waals surface area contributed by atoms with Crippen LogP contribution in [0.3, 0.4) is 0 Å². The van der Waals surface area contributed by atoms with Crippen LogP contribution in [0, 0.1) is 5.92 Å². The number of hydrogen-bond donors (Lipinski definition) is 3. The molecular formula is C17H25N3O3. The lowest BCUT2D eigenvalue weighted by molar-refractivity contribution is -0.126. The van der Waals surface area contributed by atoms with Crippen LogP contribution in [0.15, 0.2) is 24.3 Å². The highest BCUT2D eigenvalue weighted by Crippen LogP contribution is 2.15. The normalized spacial score (nSPS) is 20.6. The predicted octanol–water partition coefficient (Wildman–Crippen LogP) is 0.929. The molecule has 0 unspecified atom stereocenters. The molecule has 23 heavy (non-hydrogen) atoms. The number of carbonyl (C=O) groups is 2. The summed E-state index contributed by atoms with van der Waals surface area (Å²) in [7, 11) is 1.58. The van der Waals surface area contributed by atoms with Crippen molar-refractivity contribution in [2.24, 2.45) is 5.92 Å². The lowest BCUT2D eigenvalue weighted by Gasteiger charge is -2.27. The Balaban J connectivity index is 1.68. The molecule has 1 aliphatic heterocycles. The topological polar surface area (TPSA) is 79.5 Å². The van der Waals surface area contributed by atoms with Gasteiger partial charge in [-0.25, -0.2) is 0 Å². The van der Waals surface area contributed by atoms with E-state index in [0.717, 1.165) is 19.4 Å². The first kappa shape index (κ1) is 17.3. The molecule has 2 amide bonds. The molecule has 126 valence electrons. The van der Waals surface area contributed by atoms with Crippen LogP contribution in [0.2, 0.25) is 0 Å². The van der Waals surface area contributed by atoms with Gasteiger partial charge in [0.15, 0.2) is 0 Å². The summed E-state index contributed by atoms with van der Waals surface area (Å²) in [5, 5.41) is 9.02. The first-order valence-electron chi connectivity index (χ1n) is 8.03. The first-order chi connectivity index (χ1) is 11.1. The number of carbonyl (C=O) groups excluding carboxylic acids is 2. The summed E-state index contributed by atoms with van der Waals surface area (Å²) in [6.07, 6.45) is 1.73. The summed E-state index contributed by atoms with van der Waals surface area (Å²) < 4.78 is 5.06. The van der Waals surface area contributed by atoms with E-state index in [1.54, 1.807) is 31.4 Å². The molecule has 0 aromatic heterocycles. The number of piperidine rings is 1. The zero-order valence-corrected chi connectivity index (χ0v) is 13.7. The van der Waals surface area contributed by atoms with E-state index in [-0.39, 0.29) is 17.7 Å². The van der Waals surface area contributed by atoms with Crippen LogP contribution >= 0.6 is 0 Å². The Kier molecular flexibility index (Phi) is 6.40. The van der Waals surface area contributed by atoms with Crippen molar-refractivity contribution in [3.8, 4) is 5.75 Å². The smallest absolute Gasteiger partial charge is 0.251 e. The molecule has 3 N–H and O–H groups in total. The molecule has 1 saturated heterocycles. The van der Waals surface area contributed by atoms with Crippen molar-refractivity contribution in [1.82, 2.24) is 16.0 Å². The molecule has 1 fully saturated rings. The van der Waals surface area contributed by atoms with Gasteiger partial charge in [-0.15, -0.1) is 0 Å². The number of ether oxygens (including phenoxy) is 1. The Morgan fingerprint density at radius 1 is 1.22 bits per heavy atom. The second-order valence-electron chi connectivity index (χ2n) is 5.85. The maximum Gasteiger partial charge on any atom is 0.251 e. The fourth-order valence-electron chi connectivity index (χ4n) is 2.72. The Bertz CT molecular complexity index is 530. The standard InChI is InChI=1S/C17H25N3O3/c1-12-11-14(7-8-18-12)17(22)20-10-9-19-16(21)13-3-5-15(23-2)6-4-13/h3-6,12,14,18H,7-11H2,1-2H3,(H,19,21)(H,20,22)/t12-,14-/m0/s1. The molecule has 6 nitrogen and oxygen atoms in total. The van der Waals surface area contributed by atoms with Gasteiger partial charge in [-0.2, -0.15) is 0 Å². The predicted molar refractivity (Wildman–Crippen MR) is 88.5 cm³/mol. The number of benzene rings is 1. The lowest BCUT2D eigenvalue weighted by atomic mass is 9.92. The highest BCUT2D eigenvalue weighted by Gasteiger charge is 2.24. The highest BCUT2D eigenvalue weighted by atomic mass is 16.5. The van der Waals surface area contributed by atoms with Crippen LogP contribution in [-0.4, -0.2) is 44.6 Å². The summed E-state index contributed by atoms with van der Waals surface area (Å²) >= 11 is 0. The first-order valence-corrected chi connectivity index (χ1v) is 8.03. The molecule has 1 aliphatic rings. The summed E-state index contributed by atoms with van der Waals surface area (Å²) in [6, 6.07) is 7.30. The van der Waals surface area contributed by atoms with Crippen molar-refractivity contribution in [1.29, 1.82) is 0 Å². The van der Waals surface area contributed by atoms with Crippen LogP contribution in [0.1, 0.15) is 30.1 Å². The molecule has 0 spiro atoms. The average Bonchev–Trinajstić information content (AvgIpc) is 2.58. The molecule has 0 radical (unpaired) electrons. The van der Waals surface area contributed by atoms with Crippen LogP contribution < -0.4 is 20.7 Å². The molecule has 2 rings (SSSR count). The third-order valence-electron chi connectivity index (χ3n) is 4.06. The fourth-order valence-corrected chi connectivity index (χ4v) is 2.72. The maximum atomic E-state index is 12.1. The Labute approximate surface area is 137 Å². The fraction of sp³-hybridized carbons (Fsp3) is 0.529. The van der Waals surface area contributed by atoms with E-state index < -0.39 is 0 Å². The number of nitrogens with one attached hydrogen (secondary N) is 3. The van der Waals surface area contributed by atoms with E-state index in [1.807, 2.05) is 0 Å². The largest absolute Gasteiger partial charge is 0.497 e. The third kappa shape index (κ3) is 5.25. The molecule has 0 aliphatic carbocycles. The quantitative estimate of drug-likeness (QED) is 0.682. The second-order valence-corrected chi connectivity index (χ2v) is 5.85. The van der Waals surface area contributed by atoms with Crippen molar-refractivity contribution >= 4 is 11.8 Å². The van der Waals surface area contributed by atoms with Crippen LogP contribution in [0.4, 0.5) is 0 Å². The Hall–Kier alpha value is -2.08. The minimum absolute atomic E-state index is 0.0727. The van der Waals surface area contributed by atoms with Crippen LogP contribution in [-0.2, 0) is 4.79 Å². The SMILES string of the molecule is COc1ccc(C(=O)NCCNC(=O)[C@H]2CCN[C@@H](C)C2)cc1. The summed E-state index contributed by atoms with van der Waals surface area (Å²) in [5.41, 5.74) is 0.573. The van der Waals surface area contributed by atoms with Gasteiger partial charge < -0.3 is 20.7 Å². The Morgan fingerprint density at radius 3 is 2.57 bits per heavy atom. The van der Waals surface area contributed by atoms with Gasteiger partial charge >= 0.3 is 0 Å². The zero-order valence-electron chi connectivity index (χ0n) is 13.7. The Morgan fingerprint density at radius 2 is 1.91 bits per heavy atom. The van der Waals surface area contributed by atoms with E-state index in [4.69, 9.17) is 4.74 Å². The second kappa shape index (κ2) is 8.53. The summed E-state index contributed by atoms with van der Waals surface area (Å²) in [5.74, 6) is 0.711. The number of amides is 2. The zero-order chi connectivity index (χ0) is 16.7. The molecule has 2 atom stereocenters. The number of hydrogen-bond acceptors (Lipinski definition) is 4. The van der Waals surface area contributed by atoms with E-state index in [9.17, 15) is 9.59 Å². The molecule has 0 saturated carbocycles. The van der Waals surface area contributed by atoms with E-state index >= 15 is 0 Å². The van der Waals surface area contributed by atoms with Crippen molar-refractivity contribution in [2.45, 2.75) is 25.8 Å². The molecule has 1 heterocycles. The molecular weight excluding hydrogens is 294 g/mol. The lowest BCUT2D eigenvalue weighted by Crippen LogP contribution is -2.44.